The van der Waals surface area contributed by atoms with Gasteiger partial charge in [-0.1, -0.05) is 32.0 Å². The van der Waals surface area contributed by atoms with Gasteiger partial charge in [0, 0.05) is 24.8 Å². The molecule has 0 fully saturated rings. The number of hydrogen-bond acceptors (Lipinski definition) is 2. The van der Waals surface area contributed by atoms with Crippen molar-refractivity contribution in [2.45, 2.75) is 33.3 Å². The Balaban J connectivity index is 2.58. The Kier molecular flexibility index (Phi) is 5.70. The number of benzene rings is 1. The summed E-state index contributed by atoms with van der Waals surface area (Å²) in [5, 5.41) is 2.93. The minimum atomic E-state index is 0.0715. The van der Waals surface area contributed by atoms with Gasteiger partial charge in [-0.2, -0.15) is 0 Å². The van der Waals surface area contributed by atoms with Crippen molar-refractivity contribution >= 4 is 11.6 Å². The molecule has 0 heterocycles. The van der Waals surface area contributed by atoms with E-state index in [2.05, 4.69) is 19.2 Å². The first-order chi connectivity index (χ1) is 8.13. The third kappa shape index (κ3) is 5.00. The lowest BCUT2D eigenvalue weighted by molar-refractivity contribution is -0.116. The van der Waals surface area contributed by atoms with Gasteiger partial charge in [0.1, 0.15) is 0 Å². The highest BCUT2D eigenvalue weighted by Gasteiger charge is 2.07. The summed E-state index contributed by atoms with van der Waals surface area (Å²) < 4.78 is 5.10. The SMILES string of the molecule is COCc1ccccc1NC(=O)CCC(C)C. The number of hydrogen-bond donors (Lipinski definition) is 1. The predicted molar refractivity (Wildman–Crippen MR) is 69.9 cm³/mol. The first-order valence-electron chi connectivity index (χ1n) is 6.00. The Morgan fingerprint density at radius 1 is 1.35 bits per heavy atom. The van der Waals surface area contributed by atoms with Crippen molar-refractivity contribution in [1.29, 1.82) is 0 Å². The molecule has 1 aromatic rings. The zero-order valence-electron chi connectivity index (χ0n) is 10.8. The zero-order valence-corrected chi connectivity index (χ0v) is 10.8. The summed E-state index contributed by atoms with van der Waals surface area (Å²) in [6.07, 6.45) is 1.48. The number of ether oxygens (including phenoxy) is 1. The van der Waals surface area contributed by atoms with Crippen LogP contribution in [0.1, 0.15) is 32.3 Å². The lowest BCUT2D eigenvalue weighted by Gasteiger charge is -2.11. The summed E-state index contributed by atoms with van der Waals surface area (Å²) in [5.41, 5.74) is 1.86. The Hall–Kier alpha value is -1.35. The van der Waals surface area contributed by atoms with Crippen LogP contribution in [-0.2, 0) is 16.1 Å². The van der Waals surface area contributed by atoms with E-state index in [0.29, 0.717) is 18.9 Å². The number of anilines is 1. The van der Waals surface area contributed by atoms with Gasteiger partial charge in [-0.15, -0.1) is 0 Å². The molecule has 1 aromatic carbocycles. The summed E-state index contributed by atoms with van der Waals surface area (Å²) in [5.74, 6) is 0.622. The summed E-state index contributed by atoms with van der Waals surface area (Å²) in [4.78, 5) is 11.7. The second-order valence-electron chi connectivity index (χ2n) is 4.57. The van der Waals surface area contributed by atoms with Crippen molar-refractivity contribution in [3.05, 3.63) is 29.8 Å². The molecule has 0 radical (unpaired) electrons. The number of rotatable bonds is 6. The number of nitrogens with one attached hydrogen (secondary N) is 1. The molecule has 0 bridgehead atoms. The molecule has 0 spiro atoms. The molecule has 0 aliphatic carbocycles. The fourth-order valence-electron chi connectivity index (χ4n) is 1.56. The Labute approximate surface area is 103 Å². The monoisotopic (exact) mass is 235 g/mol. The molecular weight excluding hydrogens is 214 g/mol. The van der Waals surface area contributed by atoms with Crippen molar-refractivity contribution in [3.63, 3.8) is 0 Å². The molecule has 0 unspecified atom stereocenters. The number of para-hydroxylation sites is 1. The molecule has 1 rings (SSSR count). The third-order valence-corrected chi connectivity index (χ3v) is 2.54. The van der Waals surface area contributed by atoms with Crippen LogP contribution in [0, 0.1) is 5.92 Å². The topological polar surface area (TPSA) is 38.3 Å². The minimum absolute atomic E-state index is 0.0715. The van der Waals surface area contributed by atoms with Crippen molar-refractivity contribution < 1.29 is 9.53 Å². The lowest BCUT2D eigenvalue weighted by Crippen LogP contribution is -2.13. The number of carbonyl (C=O) groups is 1. The summed E-state index contributed by atoms with van der Waals surface area (Å²) in [7, 11) is 1.65. The summed E-state index contributed by atoms with van der Waals surface area (Å²) in [6, 6.07) is 7.72. The van der Waals surface area contributed by atoms with E-state index in [4.69, 9.17) is 4.74 Å². The largest absolute Gasteiger partial charge is 0.380 e. The molecule has 3 heteroatoms. The molecule has 1 N–H and O–H groups in total. The van der Waals surface area contributed by atoms with E-state index in [-0.39, 0.29) is 5.91 Å². The average Bonchev–Trinajstić information content (AvgIpc) is 2.29. The van der Waals surface area contributed by atoms with E-state index >= 15 is 0 Å². The van der Waals surface area contributed by atoms with Crippen LogP contribution < -0.4 is 5.32 Å². The molecule has 17 heavy (non-hydrogen) atoms. The maximum absolute atomic E-state index is 11.7. The van der Waals surface area contributed by atoms with Gasteiger partial charge in [-0.05, 0) is 18.4 Å². The van der Waals surface area contributed by atoms with E-state index in [1.54, 1.807) is 7.11 Å². The number of carbonyl (C=O) groups excluding carboxylic acids is 1. The van der Waals surface area contributed by atoms with Crippen LogP contribution >= 0.6 is 0 Å². The smallest absolute Gasteiger partial charge is 0.224 e. The van der Waals surface area contributed by atoms with Crippen LogP contribution in [0.4, 0.5) is 5.69 Å². The fraction of sp³-hybridized carbons (Fsp3) is 0.500. The normalized spacial score (nSPS) is 10.6. The Morgan fingerprint density at radius 2 is 2.06 bits per heavy atom. The maximum atomic E-state index is 11.7. The van der Waals surface area contributed by atoms with Crippen LogP contribution in [0.15, 0.2) is 24.3 Å². The predicted octanol–water partition coefficient (Wildman–Crippen LogP) is 3.21. The van der Waals surface area contributed by atoms with Crippen LogP contribution in [0.25, 0.3) is 0 Å². The van der Waals surface area contributed by atoms with E-state index < -0.39 is 0 Å². The second-order valence-corrected chi connectivity index (χ2v) is 4.57. The number of amides is 1. The van der Waals surface area contributed by atoms with E-state index in [0.717, 1.165) is 17.7 Å². The van der Waals surface area contributed by atoms with Crippen LogP contribution in [0.2, 0.25) is 0 Å². The molecule has 0 atom stereocenters. The van der Waals surface area contributed by atoms with Gasteiger partial charge in [-0.3, -0.25) is 4.79 Å². The zero-order chi connectivity index (χ0) is 12.7. The number of methoxy groups -OCH3 is 1. The van der Waals surface area contributed by atoms with E-state index in [1.165, 1.54) is 0 Å². The Morgan fingerprint density at radius 3 is 2.71 bits per heavy atom. The molecule has 94 valence electrons. The molecule has 0 aliphatic rings. The van der Waals surface area contributed by atoms with Crippen molar-refractivity contribution in [3.8, 4) is 0 Å². The molecule has 1 amide bonds. The van der Waals surface area contributed by atoms with Gasteiger partial charge in [0.2, 0.25) is 5.91 Å². The molecule has 0 aromatic heterocycles. The van der Waals surface area contributed by atoms with Crippen LogP contribution in [0.3, 0.4) is 0 Å². The molecule has 0 aliphatic heterocycles. The third-order valence-electron chi connectivity index (χ3n) is 2.54. The maximum Gasteiger partial charge on any atom is 0.224 e. The van der Waals surface area contributed by atoms with Gasteiger partial charge < -0.3 is 10.1 Å². The second kappa shape index (κ2) is 7.07. The molecule has 0 saturated heterocycles. The average molecular weight is 235 g/mol. The van der Waals surface area contributed by atoms with Gasteiger partial charge in [-0.25, -0.2) is 0 Å². The summed E-state index contributed by atoms with van der Waals surface area (Å²) in [6.45, 7) is 4.75. The summed E-state index contributed by atoms with van der Waals surface area (Å²) >= 11 is 0. The van der Waals surface area contributed by atoms with Crippen LogP contribution in [0.5, 0.6) is 0 Å². The van der Waals surface area contributed by atoms with Gasteiger partial charge in [0.25, 0.3) is 0 Å². The lowest BCUT2D eigenvalue weighted by atomic mass is 10.1. The molecular formula is C14H21NO2. The minimum Gasteiger partial charge on any atom is -0.380 e. The van der Waals surface area contributed by atoms with Gasteiger partial charge in [0.15, 0.2) is 0 Å². The highest BCUT2D eigenvalue weighted by atomic mass is 16.5. The van der Waals surface area contributed by atoms with Gasteiger partial charge >= 0.3 is 0 Å². The first-order valence-corrected chi connectivity index (χ1v) is 6.00. The standard InChI is InChI=1S/C14H21NO2/c1-11(2)8-9-14(16)15-13-7-5-4-6-12(13)10-17-3/h4-7,11H,8-10H2,1-3H3,(H,15,16). The van der Waals surface area contributed by atoms with E-state index in [9.17, 15) is 4.79 Å². The molecule has 3 nitrogen and oxygen atoms in total. The first kappa shape index (κ1) is 13.7. The quantitative estimate of drug-likeness (QED) is 0.822. The van der Waals surface area contributed by atoms with Crippen molar-refractivity contribution in [2.75, 3.05) is 12.4 Å². The highest BCUT2D eigenvalue weighted by Crippen LogP contribution is 2.16. The Bertz CT molecular complexity index is 361. The molecule has 0 saturated carbocycles. The van der Waals surface area contributed by atoms with Crippen LogP contribution in [-0.4, -0.2) is 13.0 Å². The van der Waals surface area contributed by atoms with Crippen molar-refractivity contribution in [1.82, 2.24) is 0 Å². The fourth-order valence-corrected chi connectivity index (χ4v) is 1.56. The van der Waals surface area contributed by atoms with E-state index in [1.807, 2.05) is 24.3 Å². The van der Waals surface area contributed by atoms with Gasteiger partial charge in [0.05, 0.1) is 6.61 Å². The van der Waals surface area contributed by atoms with Crippen molar-refractivity contribution in [2.24, 2.45) is 5.92 Å². The highest BCUT2D eigenvalue weighted by molar-refractivity contribution is 5.91.